The van der Waals surface area contributed by atoms with Crippen LogP contribution in [0.5, 0.6) is 0 Å². The molecule has 0 aliphatic heterocycles. The number of aryl methyl sites for hydroxylation is 2. The summed E-state index contributed by atoms with van der Waals surface area (Å²) in [6, 6.07) is 6.17. The van der Waals surface area contributed by atoms with Crippen LogP contribution in [0.2, 0.25) is 0 Å². The summed E-state index contributed by atoms with van der Waals surface area (Å²) in [6.45, 7) is 3.62. The van der Waals surface area contributed by atoms with Gasteiger partial charge in [-0.1, -0.05) is 6.07 Å². The molecule has 0 aliphatic rings. The number of aromatic amines is 1. The molecule has 2 aromatic rings. The van der Waals surface area contributed by atoms with Crippen LogP contribution in [0.4, 0.5) is 4.39 Å². The molecule has 0 aliphatic carbocycles. The van der Waals surface area contributed by atoms with E-state index in [0.29, 0.717) is 17.0 Å². The lowest BCUT2D eigenvalue weighted by Gasteiger charge is -2.05. The van der Waals surface area contributed by atoms with Gasteiger partial charge in [-0.3, -0.25) is 0 Å². The van der Waals surface area contributed by atoms with E-state index in [0.717, 1.165) is 5.56 Å². The Morgan fingerprint density at radius 1 is 1.25 bits per heavy atom. The van der Waals surface area contributed by atoms with Crippen molar-refractivity contribution in [2.45, 2.75) is 13.8 Å². The van der Waals surface area contributed by atoms with Gasteiger partial charge in [-0.25, -0.2) is 9.18 Å². The van der Waals surface area contributed by atoms with Crippen LogP contribution in [-0.2, 0) is 0 Å². The minimum absolute atomic E-state index is 0.333. The molecule has 1 aromatic heterocycles. The summed E-state index contributed by atoms with van der Waals surface area (Å²) in [4.78, 5) is 17.6. The summed E-state index contributed by atoms with van der Waals surface area (Å²) in [5.41, 5.74) is 2.32. The van der Waals surface area contributed by atoms with E-state index in [-0.39, 0.29) is 5.82 Å². The highest BCUT2D eigenvalue weighted by Gasteiger charge is 2.06. The number of halogens is 1. The Balaban J connectivity index is 2.66. The van der Waals surface area contributed by atoms with Gasteiger partial charge in [0.15, 0.2) is 0 Å². The fourth-order valence-electron chi connectivity index (χ4n) is 1.59. The molecule has 0 fully saturated rings. The minimum Gasteiger partial charge on any atom is -0.310 e. The average molecular weight is 218 g/mol. The lowest BCUT2D eigenvalue weighted by Crippen LogP contribution is -2.12. The van der Waals surface area contributed by atoms with Gasteiger partial charge in [0.05, 0.1) is 5.69 Å². The quantitative estimate of drug-likeness (QED) is 0.797. The number of H-pyrrole nitrogens is 1. The van der Waals surface area contributed by atoms with Crippen molar-refractivity contribution < 1.29 is 4.39 Å². The van der Waals surface area contributed by atoms with Gasteiger partial charge in [-0.05, 0) is 37.6 Å². The molecule has 0 unspecified atom stereocenters. The molecule has 4 heteroatoms. The molecular formula is C12H11FN2O. The molecule has 0 amide bonds. The van der Waals surface area contributed by atoms with Gasteiger partial charge in [-0.15, -0.1) is 0 Å². The van der Waals surface area contributed by atoms with Crippen molar-refractivity contribution >= 4 is 0 Å². The van der Waals surface area contributed by atoms with E-state index in [9.17, 15) is 9.18 Å². The number of hydrogen-bond donors (Lipinski definition) is 1. The molecule has 0 saturated carbocycles. The summed E-state index contributed by atoms with van der Waals surface area (Å²) in [5.74, 6) is -0.333. The van der Waals surface area contributed by atoms with Crippen LogP contribution < -0.4 is 5.69 Å². The average Bonchev–Trinajstić information content (AvgIpc) is 2.20. The molecule has 3 nitrogen and oxygen atoms in total. The first kappa shape index (κ1) is 10.5. The first-order chi connectivity index (χ1) is 7.56. The van der Waals surface area contributed by atoms with Crippen LogP contribution >= 0.6 is 0 Å². The first-order valence-corrected chi connectivity index (χ1v) is 4.91. The van der Waals surface area contributed by atoms with Crippen LogP contribution in [0.1, 0.15) is 11.3 Å². The van der Waals surface area contributed by atoms with E-state index in [4.69, 9.17) is 0 Å². The standard InChI is InChI=1S/C12H11FN2O/c1-7-3-4-9(13)6-10(7)11-5-8(2)14-12(16)15-11/h3-6H,1-2H3,(H,14,15,16). The summed E-state index contributed by atoms with van der Waals surface area (Å²) in [6.07, 6.45) is 0. The van der Waals surface area contributed by atoms with Crippen LogP contribution in [0.15, 0.2) is 29.1 Å². The van der Waals surface area contributed by atoms with Crippen LogP contribution in [0.25, 0.3) is 11.3 Å². The molecular weight excluding hydrogens is 207 g/mol. The van der Waals surface area contributed by atoms with Gasteiger partial charge < -0.3 is 4.98 Å². The number of nitrogens with zero attached hydrogens (tertiary/aromatic N) is 1. The first-order valence-electron chi connectivity index (χ1n) is 4.91. The zero-order chi connectivity index (χ0) is 11.7. The Bertz CT molecular complexity index is 590. The number of nitrogens with one attached hydrogen (secondary N) is 1. The largest absolute Gasteiger partial charge is 0.345 e. The maximum Gasteiger partial charge on any atom is 0.345 e. The Labute approximate surface area is 92.0 Å². The second-order valence-corrected chi connectivity index (χ2v) is 3.71. The van der Waals surface area contributed by atoms with Crippen molar-refractivity contribution in [2.24, 2.45) is 0 Å². The van der Waals surface area contributed by atoms with Crippen molar-refractivity contribution in [3.8, 4) is 11.3 Å². The second-order valence-electron chi connectivity index (χ2n) is 3.71. The highest BCUT2D eigenvalue weighted by atomic mass is 19.1. The maximum absolute atomic E-state index is 13.1. The molecule has 0 spiro atoms. The second kappa shape index (κ2) is 3.89. The lowest BCUT2D eigenvalue weighted by atomic mass is 10.1. The van der Waals surface area contributed by atoms with Crippen LogP contribution in [0, 0.1) is 19.7 Å². The molecule has 2 rings (SSSR count). The smallest absolute Gasteiger partial charge is 0.310 e. The Morgan fingerprint density at radius 3 is 2.69 bits per heavy atom. The topological polar surface area (TPSA) is 45.8 Å². The highest BCUT2D eigenvalue weighted by Crippen LogP contribution is 2.21. The Kier molecular flexibility index (Phi) is 2.56. The fraction of sp³-hybridized carbons (Fsp3) is 0.167. The van der Waals surface area contributed by atoms with Crippen molar-refractivity contribution in [2.75, 3.05) is 0 Å². The van der Waals surface area contributed by atoms with Gasteiger partial charge in [-0.2, -0.15) is 4.98 Å². The fourth-order valence-corrected chi connectivity index (χ4v) is 1.59. The maximum atomic E-state index is 13.1. The van der Waals surface area contributed by atoms with Gasteiger partial charge >= 0.3 is 5.69 Å². The lowest BCUT2D eigenvalue weighted by molar-refractivity contribution is 0.628. The van der Waals surface area contributed by atoms with E-state index < -0.39 is 5.69 Å². The Hall–Kier alpha value is -1.97. The molecule has 1 aromatic carbocycles. The normalized spacial score (nSPS) is 10.4. The van der Waals surface area contributed by atoms with E-state index in [1.807, 2.05) is 6.92 Å². The van der Waals surface area contributed by atoms with Crippen molar-refractivity contribution in [3.63, 3.8) is 0 Å². The number of aromatic nitrogens is 2. The predicted molar refractivity (Wildman–Crippen MR) is 59.7 cm³/mol. The van der Waals surface area contributed by atoms with E-state index in [2.05, 4.69) is 9.97 Å². The monoisotopic (exact) mass is 218 g/mol. The van der Waals surface area contributed by atoms with E-state index in [1.54, 1.807) is 19.1 Å². The number of hydrogen-bond acceptors (Lipinski definition) is 2. The Morgan fingerprint density at radius 2 is 2.00 bits per heavy atom. The summed E-state index contributed by atoms with van der Waals surface area (Å²) in [5, 5.41) is 0. The van der Waals surface area contributed by atoms with Gasteiger partial charge in [0.25, 0.3) is 0 Å². The predicted octanol–water partition coefficient (Wildman–Crippen LogP) is 2.19. The summed E-state index contributed by atoms with van der Waals surface area (Å²) < 4.78 is 13.1. The molecule has 82 valence electrons. The SMILES string of the molecule is Cc1cc(-c2cc(F)ccc2C)nc(=O)[nH]1. The number of benzene rings is 1. The summed E-state index contributed by atoms with van der Waals surface area (Å²) >= 11 is 0. The van der Waals surface area contributed by atoms with Crippen LogP contribution in [0.3, 0.4) is 0 Å². The highest BCUT2D eigenvalue weighted by molar-refractivity contribution is 5.63. The third-order valence-electron chi connectivity index (χ3n) is 2.35. The third kappa shape index (κ3) is 2.00. The molecule has 0 saturated heterocycles. The molecule has 0 atom stereocenters. The van der Waals surface area contributed by atoms with Crippen molar-refractivity contribution in [1.29, 1.82) is 0 Å². The third-order valence-corrected chi connectivity index (χ3v) is 2.35. The molecule has 16 heavy (non-hydrogen) atoms. The molecule has 1 N–H and O–H groups in total. The van der Waals surface area contributed by atoms with Gasteiger partial charge in [0.2, 0.25) is 0 Å². The molecule has 0 bridgehead atoms. The van der Waals surface area contributed by atoms with Crippen molar-refractivity contribution in [3.05, 3.63) is 51.8 Å². The number of rotatable bonds is 1. The van der Waals surface area contributed by atoms with Gasteiger partial charge in [0.1, 0.15) is 5.82 Å². The zero-order valence-electron chi connectivity index (χ0n) is 9.04. The van der Waals surface area contributed by atoms with E-state index in [1.165, 1.54) is 12.1 Å². The minimum atomic E-state index is -0.418. The summed E-state index contributed by atoms with van der Waals surface area (Å²) in [7, 11) is 0. The van der Waals surface area contributed by atoms with Gasteiger partial charge in [0, 0.05) is 11.3 Å². The van der Waals surface area contributed by atoms with Crippen molar-refractivity contribution in [1.82, 2.24) is 9.97 Å². The molecule has 1 heterocycles. The zero-order valence-corrected chi connectivity index (χ0v) is 9.04. The van der Waals surface area contributed by atoms with Crippen LogP contribution in [-0.4, -0.2) is 9.97 Å². The molecule has 0 radical (unpaired) electrons. The van der Waals surface area contributed by atoms with E-state index >= 15 is 0 Å².